The Balaban J connectivity index is 1.65. The molecule has 0 bridgehead atoms. The summed E-state index contributed by atoms with van der Waals surface area (Å²) in [6.07, 6.45) is 3.19. The maximum Gasteiger partial charge on any atom is 0.234 e. The van der Waals surface area contributed by atoms with Crippen molar-refractivity contribution in [2.75, 3.05) is 26.2 Å². The largest absolute Gasteiger partial charge is 0.467 e. The van der Waals surface area contributed by atoms with Gasteiger partial charge in [-0.3, -0.25) is 14.5 Å². The number of carbonyl (C=O) groups excluding carboxylic acids is 2. The van der Waals surface area contributed by atoms with E-state index in [1.165, 1.54) is 0 Å². The van der Waals surface area contributed by atoms with Crippen molar-refractivity contribution in [3.8, 4) is 0 Å². The van der Waals surface area contributed by atoms with E-state index in [0.717, 1.165) is 31.7 Å². The van der Waals surface area contributed by atoms with E-state index in [4.69, 9.17) is 4.42 Å². The predicted molar refractivity (Wildman–Crippen MR) is 87.6 cm³/mol. The van der Waals surface area contributed by atoms with Gasteiger partial charge in [0.1, 0.15) is 5.76 Å². The average Bonchev–Trinajstić information content (AvgIpc) is 3.05. The summed E-state index contributed by atoms with van der Waals surface area (Å²) in [5.41, 5.74) is 0. The number of nitrogens with one attached hydrogen (secondary N) is 2. The molecule has 0 saturated carbocycles. The van der Waals surface area contributed by atoms with Crippen LogP contribution in [-0.2, 0) is 16.1 Å². The highest BCUT2D eigenvalue weighted by Crippen LogP contribution is 2.17. The Morgan fingerprint density at radius 1 is 1.30 bits per heavy atom. The molecular weight excluding hydrogens is 294 g/mol. The maximum atomic E-state index is 12.1. The third-order valence-electron chi connectivity index (χ3n) is 4.05. The molecule has 0 aliphatic carbocycles. The third-order valence-corrected chi connectivity index (χ3v) is 4.05. The van der Waals surface area contributed by atoms with Crippen LogP contribution in [0.4, 0.5) is 0 Å². The fraction of sp³-hybridized carbons (Fsp3) is 0.647. The number of hydrogen-bond donors (Lipinski definition) is 2. The molecule has 1 aliphatic rings. The maximum absolute atomic E-state index is 12.1. The number of amides is 2. The van der Waals surface area contributed by atoms with Crippen molar-refractivity contribution >= 4 is 11.8 Å². The average molecular weight is 321 g/mol. The number of likely N-dealkylation sites (tertiary alicyclic amines) is 1. The normalized spacial score (nSPS) is 16.5. The van der Waals surface area contributed by atoms with Crippen LogP contribution in [0.25, 0.3) is 0 Å². The van der Waals surface area contributed by atoms with Crippen LogP contribution in [0.2, 0.25) is 0 Å². The standard InChI is InChI=1S/C17H27N3O3/c1-13(2)10-18-16(21)12-20-7-5-14(6-8-20)17(22)19-11-15-4-3-9-23-15/h3-4,9,13-14H,5-8,10-12H2,1-2H3,(H,18,21)(H,19,22). The van der Waals surface area contributed by atoms with Gasteiger partial charge in [0.2, 0.25) is 11.8 Å². The van der Waals surface area contributed by atoms with Gasteiger partial charge in [-0.05, 0) is 44.0 Å². The fourth-order valence-corrected chi connectivity index (χ4v) is 2.66. The topological polar surface area (TPSA) is 74.6 Å². The van der Waals surface area contributed by atoms with E-state index < -0.39 is 0 Å². The van der Waals surface area contributed by atoms with Crippen molar-refractivity contribution in [1.29, 1.82) is 0 Å². The molecular formula is C17H27N3O3. The van der Waals surface area contributed by atoms with E-state index in [0.29, 0.717) is 25.6 Å². The molecule has 6 nitrogen and oxygen atoms in total. The molecule has 0 aromatic carbocycles. The van der Waals surface area contributed by atoms with E-state index in [1.54, 1.807) is 6.26 Å². The lowest BCUT2D eigenvalue weighted by Crippen LogP contribution is -2.44. The Morgan fingerprint density at radius 2 is 2.04 bits per heavy atom. The number of rotatable bonds is 7. The molecule has 2 N–H and O–H groups in total. The molecule has 0 radical (unpaired) electrons. The number of nitrogens with zero attached hydrogens (tertiary/aromatic N) is 1. The van der Waals surface area contributed by atoms with Crippen molar-refractivity contribution in [2.24, 2.45) is 11.8 Å². The molecule has 1 aliphatic heterocycles. The zero-order chi connectivity index (χ0) is 16.7. The van der Waals surface area contributed by atoms with Gasteiger partial charge in [0.15, 0.2) is 0 Å². The van der Waals surface area contributed by atoms with Crippen molar-refractivity contribution in [1.82, 2.24) is 15.5 Å². The van der Waals surface area contributed by atoms with Crippen LogP contribution in [-0.4, -0.2) is 42.9 Å². The van der Waals surface area contributed by atoms with Gasteiger partial charge in [-0.15, -0.1) is 0 Å². The molecule has 1 saturated heterocycles. The summed E-state index contributed by atoms with van der Waals surface area (Å²) >= 11 is 0. The van der Waals surface area contributed by atoms with Crippen molar-refractivity contribution in [3.05, 3.63) is 24.2 Å². The molecule has 128 valence electrons. The predicted octanol–water partition coefficient (Wildman–Crippen LogP) is 1.38. The summed E-state index contributed by atoms with van der Waals surface area (Å²) < 4.78 is 5.20. The van der Waals surface area contributed by atoms with Gasteiger partial charge in [-0.25, -0.2) is 0 Å². The van der Waals surface area contributed by atoms with Crippen LogP contribution >= 0.6 is 0 Å². The molecule has 1 fully saturated rings. The first-order chi connectivity index (χ1) is 11.0. The zero-order valence-electron chi connectivity index (χ0n) is 14.0. The zero-order valence-corrected chi connectivity index (χ0v) is 14.0. The minimum Gasteiger partial charge on any atom is -0.467 e. The van der Waals surface area contributed by atoms with Crippen molar-refractivity contribution in [3.63, 3.8) is 0 Å². The Kier molecular flexibility index (Phi) is 6.65. The Hall–Kier alpha value is -1.82. The van der Waals surface area contributed by atoms with Gasteiger partial charge in [-0.1, -0.05) is 13.8 Å². The van der Waals surface area contributed by atoms with Gasteiger partial charge in [0.25, 0.3) is 0 Å². The monoisotopic (exact) mass is 321 g/mol. The quantitative estimate of drug-likeness (QED) is 0.796. The molecule has 2 heterocycles. The first kappa shape index (κ1) is 17.5. The van der Waals surface area contributed by atoms with Gasteiger partial charge in [0, 0.05) is 12.5 Å². The first-order valence-electron chi connectivity index (χ1n) is 8.33. The van der Waals surface area contributed by atoms with E-state index in [1.807, 2.05) is 12.1 Å². The lowest BCUT2D eigenvalue weighted by molar-refractivity contribution is -0.127. The molecule has 1 aromatic heterocycles. The number of furan rings is 1. The Morgan fingerprint density at radius 3 is 2.65 bits per heavy atom. The van der Waals surface area contributed by atoms with Crippen LogP contribution in [0.5, 0.6) is 0 Å². The van der Waals surface area contributed by atoms with Crippen molar-refractivity contribution < 1.29 is 14.0 Å². The van der Waals surface area contributed by atoms with Crippen LogP contribution in [0.3, 0.4) is 0 Å². The molecule has 2 rings (SSSR count). The third kappa shape index (κ3) is 6.06. The lowest BCUT2D eigenvalue weighted by Gasteiger charge is -2.30. The van der Waals surface area contributed by atoms with Crippen molar-refractivity contribution in [2.45, 2.75) is 33.2 Å². The second-order valence-corrected chi connectivity index (χ2v) is 6.55. The Bertz CT molecular complexity index is 491. The number of piperidine rings is 1. The van der Waals surface area contributed by atoms with Crippen LogP contribution in [0, 0.1) is 11.8 Å². The summed E-state index contributed by atoms with van der Waals surface area (Å²) in [7, 11) is 0. The highest BCUT2D eigenvalue weighted by atomic mass is 16.3. The van der Waals surface area contributed by atoms with Gasteiger partial charge < -0.3 is 15.1 Å². The molecule has 23 heavy (non-hydrogen) atoms. The molecule has 0 atom stereocenters. The van der Waals surface area contributed by atoms with Gasteiger partial charge in [0.05, 0.1) is 19.4 Å². The summed E-state index contributed by atoms with van der Waals surface area (Å²) in [6.45, 7) is 7.30. The second-order valence-electron chi connectivity index (χ2n) is 6.55. The molecule has 6 heteroatoms. The molecule has 0 unspecified atom stereocenters. The summed E-state index contributed by atoms with van der Waals surface area (Å²) in [6, 6.07) is 3.66. The molecule has 1 aromatic rings. The molecule has 2 amide bonds. The van der Waals surface area contributed by atoms with Crippen LogP contribution in [0.1, 0.15) is 32.4 Å². The first-order valence-corrected chi connectivity index (χ1v) is 8.33. The smallest absolute Gasteiger partial charge is 0.234 e. The van der Waals surface area contributed by atoms with Gasteiger partial charge in [-0.2, -0.15) is 0 Å². The summed E-state index contributed by atoms with van der Waals surface area (Å²) in [4.78, 5) is 26.1. The highest BCUT2D eigenvalue weighted by molar-refractivity contribution is 5.79. The van der Waals surface area contributed by atoms with Gasteiger partial charge >= 0.3 is 0 Å². The highest BCUT2D eigenvalue weighted by Gasteiger charge is 2.25. The van der Waals surface area contributed by atoms with E-state index >= 15 is 0 Å². The number of carbonyl (C=O) groups is 2. The minimum atomic E-state index is 0.0277. The Labute approximate surface area is 137 Å². The second kappa shape index (κ2) is 8.72. The summed E-state index contributed by atoms with van der Waals surface area (Å²) in [5.74, 6) is 1.39. The van der Waals surface area contributed by atoms with Crippen LogP contribution < -0.4 is 10.6 Å². The fourth-order valence-electron chi connectivity index (χ4n) is 2.66. The lowest BCUT2D eigenvalue weighted by atomic mass is 9.96. The van der Waals surface area contributed by atoms with Crippen LogP contribution in [0.15, 0.2) is 22.8 Å². The van der Waals surface area contributed by atoms with E-state index in [9.17, 15) is 9.59 Å². The SMILES string of the molecule is CC(C)CNC(=O)CN1CCC(C(=O)NCc2ccco2)CC1. The summed E-state index contributed by atoms with van der Waals surface area (Å²) in [5, 5.41) is 5.84. The van der Waals surface area contributed by atoms with E-state index in [2.05, 4.69) is 29.4 Å². The number of hydrogen-bond acceptors (Lipinski definition) is 4. The van der Waals surface area contributed by atoms with E-state index in [-0.39, 0.29) is 17.7 Å². The minimum absolute atomic E-state index is 0.0277. The molecule has 0 spiro atoms.